The minimum atomic E-state index is 0.592. The topological polar surface area (TPSA) is 64.9 Å². The molecule has 7 heteroatoms. The molecule has 0 amide bonds. The van der Waals surface area contributed by atoms with Crippen molar-refractivity contribution in [2.45, 2.75) is 0 Å². The summed E-state index contributed by atoms with van der Waals surface area (Å²) in [7, 11) is 1.63. The van der Waals surface area contributed by atoms with Crippen molar-refractivity contribution in [1.82, 2.24) is 20.2 Å². The molecule has 0 unspecified atom stereocenters. The second-order valence-corrected chi connectivity index (χ2v) is 5.04. The van der Waals surface area contributed by atoms with Gasteiger partial charge in [-0.1, -0.05) is 23.7 Å². The molecule has 0 atom stereocenters. The molecule has 0 radical (unpaired) electrons. The highest BCUT2D eigenvalue weighted by Crippen LogP contribution is 2.23. The fourth-order valence-corrected chi connectivity index (χ4v) is 2.16. The van der Waals surface area contributed by atoms with Gasteiger partial charge in [-0.05, 0) is 46.8 Å². The van der Waals surface area contributed by atoms with E-state index < -0.39 is 0 Å². The van der Waals surface area contributed by atoms with Crippen LogP contribution in [-0.4, -0.2) is 27.3 Å². The number of tetrazole rings is 1. The van der Waals surface area contributed by atoms with Gasteiger partial charge < -0.3 is 10.1 Å². The number of nitrogens with zero attached hydrogens (tertiary/aromatic N) is 4. The van der Waals surface area contributed by atoms with Gasteiger partial charge in [-0.3, -0.25) is 0 Å². The van der Waals surface area contributed by atoms with E-state index in [0.29, 0.717) is 10.8 Å². The summed E-state index contributed by atoms with van der Waals surface area (Å²) in [5, 5.41) is 15.5. The zero-order valence-corrected chi connectivity index (χ0v) is 13.1. The fraction of sp³-hybridized carbons (Fsp3) is 0.0625. The molecule has 0 saturated heterocycles. The van der Waals surface area contributed by atoms with Crippen molar-refractivity contribution in [3.05, 3.63) is 65.6 Å². The molecule has 0 saturated carbocycles. The van der Waals surface area contributed by atoms with E-state index in [1.165, 1.54) is 0 Å². The second-order valence-electron chi connectivity index (χ2n) is 4.60. The summed E-state index contributed by atoms with van der Waals surface area (Å²) in [6, 6.07) is 14.9. The Hall–Kier alpha value is -2.86. The van der Waals surface area contributed by atoms with E-state index >= 15 is 0 Å². The van der Waals surface area contributed by atoms with E-state index in [1.807, 2.05) is 36.4 Å². The molecular weight excluding hydrogens is 314 g/mol. The number of aromatic nitrogens is 4. The molecule has 116 valence electrons. The molecule has 0 aliphatic carbocycles. The maximum absolute atomic E-state index is 5.90. The Kier molecular flexibility index (Phi) is 4.54. The van der Waals surface area contributed by atoms with Crippen LogP contribution in [0.15, 0.2) is 54.7 Å². The molecule has 0 aliphatic heterocycles. The van der Waals surface area contributed by atoms with Crippen molar-refractivity contribution in [2.75, 3.05) is 12.4 Å². The number of rotatable bonds is 5. The molecule has 0 fully saturated rings. The van der Waals surface area contributed by atoms with Crippen molar-refractivity contribution >= 4 is 23.4 Å². The normalized spacial score (nSPS) is 10.9. The van der Waals surface area contributed by atoms with Crippen LogP contribution >= 0.6 is 11.6 Å². The summed E-state index contributed by atoms with van der Waals surface area (Å²) in [4.78, 5) is 0. The number of hydrogen-bond acceptors (Lipinski definition) is 5. The number of halogens is 1. The predicted molar refractivity (Wildman–Crippen MR) is 89.8 cm³/mol. The second kappa shape index (κ2) is 6.93. The molecule has 0 spiro atoms. The molecule has 1 heterocycles. The number of anilines is 1. The number of ether oxygens (including phenoxy) is 1. The highest BCUT2D eigenvalue weighted by Gasteiger charge is 2.05. The maximum atomic E-state index is 5.90. The minimum Gasteiger partial charge on any atom is -0.495 e. The lowest BCUT2D eigenvalue weighted by atomic mass is 10.3. The molecular formula is C16H14ClN5O. The standard InChI is InChI=1S/C16H14ClN5O/c1-23-15-5-3-2-4-14(15)18-11-10-16-19-20-21-22(16)13-8-6-12(17)7-9-13/h2-11,18H,1H3/b11-10-. The quantitative estimate of drug-likeness (QED) is 0.778. The average molecular weight is 328 g/mol. The van der Waals surface area contributed by atoms with Gasteiger partial charge in [0.05, 0.1) is 18.5 Å². The van der Waals surface area contributed by atoms with Gasteiger partial charge in [-0.15, -0.1) is 5.10 Å². The van der Waals surface area contributed by atoms with Crippen molar-refractivity contribution in [3.8, 4) is 11.4 Å². The van der Waals surface area contributed by atoms with Crippen molar-refractivity contribution in [1.29, 1.82) is 0 Å². The van der Waals surface area contributed by atoms with E-state index in [2.05, 4.69) is 20.8 Å². The van der Waals surface area contributed by atoms with Gasteiger partial charge in [0.25, 0.3) is 0 Å². The molecule has 3 rings (SSSR count). The fourth-order valence-electron chi connectivity index (χ4n) is 2.03. The SMILES string of the molecule is COc1ccccc1N/C=C\c1nnnn1-c1ccc(Cl)cc1. The number of hydrogen-bond donors (Lipinski definition) is 1. The van der Waals surface area contributed by atoms with Crippen molar-refractivity contribution in [3.63, 3.8) is 0 Å². The Morgan fingerprint density at radius 1 is 1.13 bits per heavy atom. The summed E-state index contributed by atoms with van der Waals surface area (Å²) < 4.78 is 6.90. The Balaban J connectivity index is 1.79. The summed E-state index contributed by atoms with van der Waals surface area (Å²) in [5.41, 5.74) is 1.69. The lowest BCUT2D eigenvalue weighted by Gasteiger charge is -2.07. The van der Waals surface area contributed by atoms with E-state index in [-0.39, 0.29) is 0 Å². The molecule has 0 bridgehead atoms. The van der Waals surface area contributed by atoms with E-state index in [9.17, 15) is 0 Å². The van der Waals surface area contributed by atoms with Crippen LogP contribution in [0.1, 0.15) is 5.82 Å². The maximum Gasteiger partial charge on any atom is 0.181 e. The van der Waals surface area contributed by atoms with Crippen LogP contribution in [-0.2, 0) is 0 Å². The Morgan fingerprint density at radius 2 is 1.91 bits per heavy atom. The third kappa shape index (κ3) is 3.49. The molecule has 1 N–H and O–H groups in total. The third-order valence-corrected chi connectivity index (χ3v) is 3.40. The Bertz CT molecular complexity index is 813. The zero-order chi connectivity index (χ0) is 16.1. The highest BCUT2D eigenvalue weighted by molar-refractivity contribution is 6.30. The van der Waals surface area contributed by atoms with Gasteiger partial charge in [-0.2, -0.15) is 4.68 Å². The first kappa shape index (κ1) is 15.1. The van der Waals surface area contributed by atoms with Crippen LogP contribution in [0.3, 0.4) is 0 Å². The van der Waals surface area contributed by atoms with Gasteiger partial charge in [0.2, 0.25) is 0 Å². The highest BCUT2D eigenvalue weighted by atomic mass is 35.5. The predicted octanol–water partition coefficient (Wildman–Crippen LogP) is 3.41. The molecule has 2 aromatic carbocycles. The number of methoxy groups -OCH3 is 1. The monoisotopic (exact) mass is 327 g/mol. The molecule has 23 heavy (non-hydrogen) atoms. The molecule has 6 nitrogen and oxygen atoms in total. The lowest BCUT2D eigenvalue weighted by Crippen LogP contribution is -2.00. The number of nitrogens with one attached hydrogen (secondary N) is 1. The third-order valence-electron chi connectivity index (χ3n) is 3.14. The summed E-state index contributed by atoms with van der Waals surface area (Å²) in [5.74, 6) is 1.35. The summed E-state index contributed by atoms with van der Waals surface area (Å²) in [6.07, 6.45) is 3.54. The van der Waals surface area contributed by atoms with Gasteiger partial charge in [0.15, 0.2) is 5.82 Å². The van der Waals surface area contributed by atoms with Crippen molar-refractivity contribution < 1.29 is 4.74 Å². The first-order valence-corrected chi connectivity index (χ1v) is 7.26. The molecule has 3 aromatic rings. The van der Waals surface area contributed by atoms with Crippen LogP contribution in [0.5, 0.6) is 5.75 Å². The number of benzene rings is 2. The van der Waals surface area contributed by atoms with Crippen LogP contribution in [0.25, 0.3) is 11.8 Å². The smallest absolute Gasteiger partial charge is 0.181 e. The van der Waals surface area contributed by atoms with Crippen LogP contribution in [0.4, 0.5) is 5.69 Å². The van der Waals surface area contributed by atoms with Crippen molar-refractivity contribution in [2.24, 2.45) is 0 Å². The van der Waals surface area contributed by atoms with Crippen LogP contribution in [0, 0.1) is 0 Å². The van der Waals surface area contributed by atoms with E-state index in [0.717, 1.165) is 17.1 Å². The van der Waals surface area contributed by atoms with E-state index in [4.69, 9.17) is 16.3 Å². The first-order chi connectivity index (χ1) is 11.3. The van der Waals surface area contributed by atoms with Gasteiger partial charge in [0.1, 0.15) is 5.75 Å². The lowest BCUT2D eigenvalue weighted by molar-refractivity contribution is 0.417. The largest absolute Gasteiger partial charge is 0.495 e. The molecule has 0 aliphatic rings. The summed E-state index contributed by atoms with van der Waals surface area (Å²) in [6.45, 7) is 0. The van der Waals surface area contributed by atoms with Crippen LogP contribution < -0.4 is 10.1 Å². The van der Waals surface area contributed by atoms with Gasteiger partial charge in [0, 0.05) is 17.3 Å². The van der Waals surface area contributed by atoms with E-state index in [1.54, 1.807) is 36.2 Å². The first-order valence-electron chi connectivity index (χ1n) is 6.88. The van der Waals surface area contributed by atoms with Crippen LogP contribution in [0.2, 0.25) is 5.02 Å². The Morgan fingerprint density at radius 3 is 2.70 bits per heavy atom. The van der Waals surface area contributed by atoms with Gasteiger partial charge in [-0.25, -0.2) is 0 Å². The summed E-state index contributed by atoms with van der Waals surface area (Å²) >= 11 is 5.90. The number of para-hydroxylation sites is 2. The van der Waals surface area contributed by atoms with Gasteiger partial charge >= 0.3 is 0 Å². The average Bonchev–Trinajstić information content (AvgIpc) is 3.04. The molecule has 1 aromatic heterocycles. The Labute approximate surface area is 138 Å². The minimum absolute atomic E-state index is 0.592. The zero-order valence-electron chi connectivity index (χ0n) is 12.3.